The van der Waals surface area contributed by atoms with Gasteiger partial charge in [0, 0.05) is 3.57 Å². The Morgan fingerprint density at radius 3 is 2.53 bits per heavy atom. The van der Waals surface area contributed by atoms with Gasteiger partial charge in [-0.15, -0.1) is 0 Å². The van der Waals surface area contributed by atoms with Gasteiger partial charge in [0.15, 0.2) is 0 Å². The highest BCUT2D eigenvalue weighted by molar-refractivity contribution is 14.1. The van der Waals surface area contributed by atoms with Crippen LogP contribution in [0.1, 0.15) is 27.2 Å². The van der Waals surface area contributed by atoms with E-state index in [1.165, 1.54) is 0 Å². The molecule has 2 N–H and O–H groups in total. The van der Waals surface area contributed by atoms with Crippen LogP contribution in [0.25, 0.3) is 0 Å². The summed E-state index contributed by atoms with van der Waals surface area (Å²) in [4.78, 5) is 0. The number of ether oxygens (including phenoxy) is 1. The van der Waals surface area contributed by atoms with Crippen LogP contribution in [-0.2, 0) is 0 Å². The maximum atomic E-state index is 5.87. The monoisotopic (exact) mass is 319 g/mol. The second kappa shape index (κ2) is 5.58. The van der Waals surface area contributed by atoms with E-state index in [-0.39, 0.29) is 6.10 Å². The Labute approximate surface area is 105 Å². The molecule has 1 aromatic carbocycles. The molecule has 0 radical (unpaired) electrons. The van der Waals surface area contributed by atoms with Crippen molar-refractivity contribution in [3.63, 3.8) is 0 Å². The topological polar surface area (TPSA) is 35.2 Å². The minimum absolute atomic E-state index is 0.215. The van der Waals surface area contributed by atoms with Crippen molar-refractivity contribution in [3.05, 3.63) is 21.8 Å². The zero-order valence-corrected chi connectivity index (χ0v) is 11.6. The first-order chi connectivity index (χ1) is 6.99. The van der Waals surface area contributed by atoms with E-state index in [1.54, 1.807) is 0 Å². The molecule has 3 heteroatoms. The fraction of sp³-hybridized carbons (Fsp3) is 0.500. The maximum absolute atomic E-state index is 5.87. The number of anilines is 1. The average molecular weight is 319 g/mol. The van der Waals surface area contributed by atoms with Gasteiger partial charge in [-0.1, -0.05) is 13.8 Å². The van der Waals surface area contributed by atoms with Gasteiger partial charge in [-0.3, -0.25) is 0 Å². The minimum atomic E-state index is 0.215. The zero-order chi connectivity index (χ0) is 11.4. The molecule has 0 saturated heterocycles. The van der Waals surface area contributed by atoms with Crippen LogP contribution < -0.4 is 10.5 Å². The lowest BCUT2D eigenvalue weighted by Crippen LogP contribution is -2.15. The molecule has 0 aliphatic carbocycles. The van der Waals surface area contributed by atoms with E-state index >= 15 is 0 Å². The summed E-state index contributed by atoms with van der Waals surface area (Å²) in [5, 5.41) is 0. The first kappa shape index (κ1) is 12.6. The highest BCUT2D eigenvalue weighted by Gasteiger charge is 2.08. The van der Waals surface area contributed by atoms with Crippen LogP contribution in [0.15, 0.2) is 18.2 Å². The molecule has 1 atom stereocenters. The molecule has 0 spiro atoms. The molecular formula is C12H18INO. The average Bonchev–Trinajstić information content (AvgIpc) is 2.08. The van der Waals surface area contributed by atoms with Gasteiger partial charge < -0.3 is 10.5 Å². The Bertz CT molecular complexity index is 325. The molecular weight excluding hydrogens is 301 g/mol. The number of nitrogens with two attached hydrogens (primary N) is 1. The van der Waals surface area contributed by atoms with Crippen molar-refractivity contribution in [2.75, 3.05) is 5.73 Å². The van der Waals surface area contributed by atoms with Gasteiger partial charge in [0.25, 0.3) is 0 Å². The summed E-state index contributed by atoms with van der Waals surface area (Å²) in [7, 11) is 0. The largest absolute Gasteiger partial charge is 0.489 e. The summed E-state index contributed by atoms with van der Waals surface area (Å²) in [6.45, 7) is 6.46. The molecule has 0 bridgehead atoms. The van der Waals surface area contributed by atoms with Crippen LogP contribution in [0.3, 0.4) is 0 Å². The summed E-state index contributed by atoms with van der Waals surface area (Å²) in [6.07, 6.45) is 1.26. The van der Waals surface area contributed by atoms with Crippen molar-refractivity contribution in [3.8, 4) is 5.75 Å². The van der Waals surface area contributed by atoms with E-state index in [0.29, 0.717) is 5.92 Å². The van der Waals surface area contributed by atoms with E-state index in [2.05, 4.69) is 43.4 Å². The van der Waals surface area contributed by atoms with E-state index in [9.17, 15) is 0 Å². The summed E-state index contributed by atoms with van der Waals surface area (Å²) < 4.78 is 6.92. The first-order valence-corrected chi connectivity index (χ1v) is 6.28. The number of benzene rings is 1. The summed E-state index contributed by atoms with van der Waals surface area (Å²) in [5.74, 6) is 1.44. The van der Waals surface area contributed by atoms with E-state index < -0.39 is 0 Å². The van der Waals surface area contributed by atoms with Gasteiger partial charge >= 0.3 is 0 Å². The lowest BCUT2D eigenvalue weighted by Gasteiger charge is -2.17. The standard InChI is InChI=1S/C12H18INO/c1-8(2)6-9(3)15-12-5-4-10(13)7-11(12)14/h4-5,7-9H,6,14H2,1-3H3. The van der Waals surface area contributed by atoms with Gasteiger partial charge in [0.1, 0.15) is 5.75 Å². The Hall–Kier alpha value is -0.450. The van der Waals surface area contributed by atoms with Gasteiger partial charge in [-0.25, -0.2) is 0 Å². The molecule has 84 valence electrons. The van der Waals surface area contributed by atoms with Gasteiger partial charge in [0.2, 0.25) is 0 Å². The van der Waals surface area contributed by atoms with E-state index in [4.69, 9.17) is 10.5 Å². The third kappa shape index (κ3) is 4.28. The van der Waals surface area contributed by atoms with Crippen LogP contribution in [0, 0.1) is 9.49 Å². The molecule has 1 unspecified atom stereocenters. The van der Waals surface area contributed by atoms with Crippen LogP contribution in [0.4, 0.5) is 5.69 Å². The van der Waals surface area contributed by atoms with E-state index in [0.717, 1.165) is 21.4 Å². The Morgan fingerprint density at radius 2 is 2.00 bits per heavy atom. The predicted molar refractivity (Wildman–Crippen MR) is 73.1 cm³/mol. The van der Waals surface area contributed by atoms with Crippen LogP contribution in [-0.4, -0.2) is 6.10 Å². The van der Waals surface area contributed by atoms with Crippen molar-refractivity contribution in [2.24, 2.45) is 5.92 Å². The van der Waals surface area contributed by atoms with Crippen molar-refractivity contribution >= 4 is 28.3 Å². The lowest BCUT2D eigenvalue weighted by molar-refractivity contribution is 0.194. The summed E-state index contributed by atoms with van der Waals surface area (Å²) in [6, 6.07) is 5.88. The third-order valence-corrected chi connectivity index (χ3v) is 2.77. The smallest absolute Gasteiger partial charge is 0.142 e. The minimum Gasteiger partial charge on any atom is -0.489 e. The molecule has 0 fully saturated rings. The Kier molecular flexibility index (Phi) is 4.70. The molecule has 1 rings (SSSR count). The molecule has 0 aliphatic rings. The van der Waals surface area contributed by atoms with Gasteiger partial charge in [0.05, 0.1) is 11.8 Å². The summed E-state index contributed by atoms with van der Waals surface area (Å²) >= 11 is 2.24. The predicted octanol–water partition coefficient (Wildman–Crippen LogP) is 3.69. The van der Waals surface area contributed by atoms with Crippen molar-refractivity contribution in [1.82, 2.24) is 0 Å². The zero-order valence-electron chi connectivity index (χ0n) is 9.46. The number of halogens is 1. The third-order valence-electron chi connectivity index (χ3n) is 2.10. The first-order valence-electron chi connectivity index (χ1n) is 5.20. The van der Waals surface area contributed by atoms with Crippen LogP contribution in [0.5, 0.6) is 5.75 Å². The van der Waals surface area contributed by atoms with Crippen LogP contribution in [0.2, 0.25) is 0 Å². The Morgan fingerprint density at radius 1 is 1.33 bits per heavy atom. The number of hydrogen-bond acceptors (Lipinski definition) is 2. The number of nitrogen functional groups attached to an aromatic ring is 1. The SMILES string of the molecule is CC(C)CC(C)Oc1ccc(I)cc1N. The fourth-order valence-corrected chi connectivity index (χ4v) is 2.07. The van der Waals surface area contributed by atoms with Gasteiger partial charge in [-0.05, 0) is 60.1 Å². The second-order valence-electron chi connectivity index (χ2n) is 4.24. The molecule has 0 saturated carbocycles. The van der Waals surface area contributed by atoms with Crippen molar-refractivity contribution < 1.29 is 4.74 Å². The van der Waals surface area contributed by atoms with Gasteiger partial charge in [-0.2, -0.15) is 0 Å². The maximum Gasteiger partial charge on any atom is 0.142 e. The van der Waals surface area contributed by atoms with E-state index in [1.807, 2.05) is 18.2 Å². The number of rotatable bonds is 4. The molecule has 0 amide bonds. The quantitative estimate of drug-likeness (QED) is 0.679. The summed E-state index contributed by atoms with van der Waals surface area (Å²) in [5.41, 5.74) is 6.59. The highest BCUT2D eigenvalue weighted by Crippen LogP contribution is 2.25. The normalized spacial score (nSPS) is 12.9. The van der Waals surface area contributed by atoms with Crippen molar-refractivity contribution in [2.45, 2.75) is 33.3 Å². The number of hydrogen-bond donors (Lipinski definition) is 1. The molecule has 2 nitrogen and oxygen atoms in total. The lowest BCUT2D eigenvalue weighted by atomic mass is 10.1. The molecule has 0 aliphatic heterocycles. The second-order valence-corrected chi connectivity index (χ2v) is 5.49. The fourth-order valence-electron chi connectivity index (χ4n) is 1.56. The molecule has 1 aromatic rings. The molecule has 0 heterocycles. The molecule has 0 aromatic heterocycles. The van der Waals surface area contributed by atoms with Crippen molar-refractivity contribution in [1.29, 1.82) is 0 Å². The molecule has 15 heavy (non-hydrogen) atoms. The Balaban J connectivity index is 2.64. The van der Waals surface area contributed by atoms with Crippen LogP contribution >= 0.6 is 22.6 Å². The highest BCUT2D eigenvalue weighted by atomic mass is 127.